The molecule has 0 atom stereocenters. The molecule has 0 unspecified atom stereocenters. The van der Waals surface area contributed by atoms with Gasteiger partial charge in [-0.15, -0.1) is 0 Å². The lowest BCUT2D eigenvalue weighted by molar-refractivity contribution is -0.384. The zero-order chi connectivity index (χ0) is 24.0. The Morgan fingerprint density at radius 2 is 0.914 bits per heavy atom. The van der Waals surface area contributed by atoms with Crippen LogP contribution in [0.4, 0.5) is 5.69 Å². The van der Waals surface area contributed by atoms with Crippen molar-refractivity contribution in [1.29, 1.82) is 0 Å². The molecule has 0 spiro atoms. The van der Waals surface area contributed by atoms with Crippen LogP contribution < -0.4 is 0 Å². The highest BCUT2D eigenvalue weighted by molar-refractivity contribution is 6.07. The smallest absolute Gasteiger partial charge is 0.258 e. The lowest BCUT2D eigenvalue weighted by atomic mass is 9.83. The number of nitrogens with zero attached hydrogens (tertiary/aromatic N) is 1. The highest BCUT2D eigenvalue weighted by Crippen LogP contribution is 2.40. The van der Waals surface area contributed by atoms with Crippen molar-refractivity contribution in [2.45, 2.75) is 0 Å². The third-order valence-electron chi connectivity index (χ3n) is 6.02. The van der Waals surface area contributed by atoms with Crippen molar-refractivity contribution in [3.8, 4) is 11.1 Å². The fourth-order valence-electron chi connectivity index (χ4n) is 4.42. The Bertz CT molecular complexity index is 1430. The van der Waals surface area contributed by atoms with Crippen LogP contribution in [0.5, 0.6) is 0 Å². The molecule has 5 rings (SSSR count). The SMILES string of the molecule is O=[N+]([O-])c1ccc(-c2ccccc2C(=C(c2ccccc2)c2ccccc2)c2ccccc2)cc1. The Balaban J connectivity index is 1.85. The summed E-state index contributed by atoms with van der Waals surface area (Å²) in [6.45, 7) is 0. The maximum atomic E-state index is 11.2. The van der Waals surface area contributed by atoms with Gasteiger partial charge in [0.15, 0.2) is 0 Å². The molecule has 0 heterocycles. The first-order valence-electron chi connectivity index (χ1n) is 11.5. The lowest BCUT2D eigenvalue weighted by Crippen LogP contribution is -1.99. The summed E-state index contributed by atoms with van der Waals surface area (Å²) in [5.41, 5.74) is 8.68. The quantitative estimate of drug-likeness (QED) is 0.147. The first kappa shape index (κ1) is 22.1. The number of nitro groups is 1. The molecular formula is C32H23NO2. The summed E-state index contributed by atoms with van der Waals surface area (Å²) in [5, 5.41) is 11.2. The van der Waals surface area contributed by atoms with Crippen molar-refractivity contribution in [2.75, 3.05) is 0 Å². The standard InChI is InChI=1S/C32H23NO2/c34-33(35)28-22-20-24(21-23-28)29-18-10-11-19-30(29)32(27-16-8-3-9-17-27)31(25-12-4-1-5-13-25)26-14-6-2-7-15-26/h1-23H. The Labute approximate surface area is 204 Å². The Hall–Kier alpha value is -4.76. The molecule has 0 bridgehead atoms. The molecule has 5 aromatic carbocycles. The van der Waals surface area contributed by atoms with Crippen LogP contribution in [0.15, 0.2) is 140 Å². The third-order valence-corrected chi connectivity index (χ3v) is 6.02. The maximum Gasteiger partial charge on any atom is 0.269 e. The van der Waals surface area contributed by atoms with Crippen LogP contribution >= 0.6 is 0 Å². The Morgan fingerprint density at radius 1 is 0.486 bits per heavy atom. The fourth-order valence-corrected chi connectivity index (χ4v) is 4.42. The molecule has 0 aliphatic heterocycles. The van der Waals surface area contributed by atoms with E-state index in [1.54, 1.807) is 12.1 Å². The fraction of sp³-hybridized carbons (Fsp3) is 0. The van der Waals surface area contributed by atoms with Crippen molar-refractivity contribution in [2.24, 2.45) is 0 Å². The first-order chi connectivity index (χ1) is 17.2. The molecule has 0 radical (unpaired) electrons. The zero-order valence-electron chi connectivity index (χ0n) is 19.0. The van der Waals surface area contributed by atoms with Gasteiger partial charge in [-0.05, 0) is 56.7 Å². The van der Waals surface area contributed by atoms with E-state index >= 15 is 0 Å². The van der Waals surface area contributed by atoms with Crippen LogP contribution in [0.2, 0.25) is 0 Å². The zero-order valence-corrected chi connectivity index (χ0v) is 19.0. The number of hydrogen-bond donors (Lipinski definition) is 0. The minimum absolute atomic E-state index is 0.0827. The van der Waals surface area contributed by atoms with Crippen LogP contribution in [0, 0.1) is 10.1 Å². The largest absolute Gasteiger partial charge is 0.269 e. The van der Waals surface area contributed by atoms with Crippen LogP contribution in [-0.2, 0) is 0 Å². The van der Waals surface area contributed by atoms with Gasteiger partial charge >= 0.3 is 0 Å². The van der Waals surface area contributed by atoms with Gasteiger partial charge in [0.1, 0.15) is 0 Å². The summed E-state index contributed by atoms with van der Waals surface area (Å²) >= 11 is 0. The lowest BCUT2D eigenvalue weighted by Gasteiger charge is -2.20. The Morgan fingerprint density at radius 3 is 1.40 bits per heavy atom. The van der Waals surface area contributed by atoms with Gasteiger partial charge in [-0.2, -0.15) is 0 Å². The minimum Gasteiger partial charge on any atom is -0.258 e. The molecule has 0 saturated carbocycles. The topological polar surface area (TPSA) is 43.1 Å². The molecule has 0 fully saturated rings. The van der Waals surface area contributed by atoms with Gasteiger partial charge < -0.3 is 0 Å². The molecule has 0 saturated heterocycles. The molecular weight excluding hydrogens is 430 g/mol. The highest BCUT2D eigenvalue weighted by Gasteiger charge is 2.19. The third kappa shape index (κ3) is 4.66. The summed E-state index contributed by atoms with van der Waals surface area (Å²) in [6, 6.07) is 46.3. The van der Waals surface area contributed by atoms with Crippen molar-refractivity contribution in [3.05, 3.63) is 172 Å². The van der Waals surface area contributed by atoms with E-state index in [9.17, 15) is 10.1 Å². The van der Waals surface area contributed by atoms with Gasteiger partial charge in [-0.1, -0.05) is 115 Å². The average Bonchev–Trinajstić information content (AvgIpc) is 2.93. The van der Waals surface area contributed by atoms with Gasteiger partial charge in [0.25, 0.3) is 5.69 Å². The number of non-ortho nitro benzene ring substituents is 1. The van der Waals surface area contributed by atoms with E-state index in [0.717, 1.165) is 44.5 Å². The highest BCUT2D eigenvalue weighted by atomic mass is 16.6. The summed E-state index contributed by atoms with van der Waals surface area (Å²) in [5.74, 6) is 0. The second kappa shape index (κ2) is 10.0. The van der Waals surface area contributed by atoms with E-state index in [4.69, 9.17) is 0 Å². The predicted octanol–water partition coefficient (Wildman–Crippen LogP) is 8.27. The molecule has 0 aromatic heterocycles. The van der Waals surface area contributed by atoms with E-state index in [0.29, 0.717) is 0 Å². The van der Waals surface area contributed by atoms with Gasteiger partial charge in [-0.3, -0.25) is 10.1 Å². The number of rotatable bonds is 6. The van der Waals surface area contributed by atoms with E-state index in [-0.39, 0.29) is 10.6 Å². The van der Waals surface area contributed by atoms with Gasteiger partial charge in [0.2, 0.25) is 0 Å². The van der Waals surface area contributed by atoms with Crippen LogP contribution in [0.1, 0.15) is 22.3 Å². The maximum absolute atomic E-state index is 11.2. The summed E-state index contributed by atoms with van der Waals surface area (Å²) in [4.78, 5) is 10.8. The van der Waals surface area contributed by atoms with Crippen LogP contribution in [0.3, 0.4) is 0 Å². The first-order valence-corrected chi connectivity index (χ1v) is 11.5. The van der Waals surface area contributed by atoms with E-state index < -0.39 is 0 Å². The molecule has 168 valence electrons. The number of hydrogen-bond acceptors (Lipinski definition) is 2. The molecule has 0 N–H and O–H groups in total. The van der Waals surface area contributed by atoms with Crippen molar-refractivity contribution in [1.82, 2.24) is 0 Å². The van der Waals surface area contributed by atoms with Gasteiger partial charge in [0.05, 0.1) is 4.92 Å². The van der Waals surface area contributed by atoms with Gasteiger partial charge in [-0.25, -0.2) is 0 Å². The normalized spacial score (nSPS) is 10.5. The summed E-state index contributed by atoms with van der Waals surface area (Å²) < 4.78 is 0. The van der Waals surface area contributed by atoms with Crippen LogP contribution in [0.25, 0.3) is 22.3 Å². The second-order valence-corrected chi connectivity index (χ2v) is 8.20. The van der Waals surface area contributed by atoms with Crippen molar-refractivity contribution < 1.29 is 4.92 Å². The summed E-state index contributed by atoms with van der Waals surface area (Å²) in [7, 11) is 0. The van der Waals surface area contributed by atoms with Gasteiger partial charge in [0, 0.05) is 12.1 Å². The van der Waals surface area contributed by atoms with Crippen LogP contribution in [-0.4, -0.2) is 4.92 Å². The second-order valence-electron chi connectivity index (χ2n) is 8.20. The van der Waals surface area contributed by atoms with E-state index in [1.807, 2.05) is 42.5 Å². The minimum atomic E-state index is -0.367. The monoisotopic (exact) mass is 453 g/mol. The number of benzene rings is 5. The average molecular weight is 454 g/mol. The molecule has 0 aliphatic rings. The molecule has 5 aromatic rings. The summed E-state index contributed by atoms with van der Waals surface area (Å²) in [6.07, 6.45) is 0. The number of nitro benzene ring substituents is 1. The molecule has 0 amide bonds. The predicted molar refractivity (Wildman–Crippen MR) is 143 cm³/mol. The molecule has 0 aliphatic carbocycles. The van der Waals surface area contributed by atoms with Crippen molar-refractivity contribution in [3.63, 3.8) is 0 Å². The molecule has 3 nitrogen and oxygen atoms in total. The van der Waals surface area contributed by atoms with Crippen molar-refractivity contribution >= 4 is 16.8 Å². The van der Waals surface area contributed by atoms with E-state index in [2.05, 4.69) is 84.9 Å². The molecule has 35 heavy (non-hydrogen) atoms. The Kier molecular flexibility index (Phi) is 6.31. The van der Waals surface area contributed by atoms with E-state index in [1.165, 1.54) is 0 Å². The molecule has 3 heteroatoms.